The van der Waals surface area contributed by atoms with Gasteiger partial charge in [0.25, 0.3) is 0 Å². The average Bonchev–Trinajstić information content (AvgIpc) is 2.58. The number of H-pyrrole nitrogens is 1. The van der Waals surface area contributed by atoms with Gasteiger partial charge in [0.15, 0.2) is 16.0 Å². The van der Waals surface area contributed by atoms with Gasteiger partial charge in [0.2, 0.25) is 0 Å². The molecule has 2 heterocycles. The maximum absolute atomic E-state index is 4.28. The number of hydrogen-bond acceptors (Lipinski definition) is 5. The van der Waals surface area contributed by atoms with Gasteiger partial charge < -0.3 is 4.98 Å². The lowest BCUT2D eigenvalue weighted by atomic mass is 10.6. The molecule has 68 valence electrons. The van der Waals surface area contributed by atoms with Gasteiger partial charge in [-0.1, -0.05) is 23.5 Å². The van der Waals surface area contributed by atoms with Crippen molar-refractivity contribution in [1.82, 2.24) is 19.9 Å². The first-order chi connectivity index (χ1) is 6.33. The van der Waals surface area contributed by atoms with Gasteiger partial charge in [-0.15, -0.1) is 0 Å². The molecule has 0 radical (unpaired) electrons. The minimum absolute atomic E-state index is 0.740. The van der Waals surface area contributed by atoms with Crippen molar-refractivity contribution >= 4 is 34.7 Å². The largest absolute Gasteiger partial charge is 0.330 e. The van der Waals surface area contributed by atoms with Crippen molar-refractivity contribution in [3.8, 4) is 0 Å². The van der Waals surface area contributed by atoms with Crippen LogP contribution < -0.4 is 0 Å². The van der Waals surface area contributed by atoms with E-state index < -0.39 is 0 Å². The van der Waals surface area contributed by atoms with Crippen LogP contribution in [0.1, 0.15) is 0 Å². The molecule has 6 heteroatoms. The Morgan fingerprint density at radius 2 is 2.08 bits per heavy atom. The molecule has 0 aliphatic heterocycles. The molecule has 1 N–H and O–H groups in total. The summed E-state index contributed by atoms with van der Waals surface area (Å²) in [6, 6.07) is 0. The molecule has 0 amide bonds. The molecule has 4 nitrogen and oxygen atoms in total. The zero-order valence-electron chi connectivity index (χ0n) is 7.24. The molecule has 0 saturated carbocycles. The molecule has 0 aliphatic rings. The highest BCUT2D eigenvalue weighted by Gasteiger charge is 2.04. The zero-order chi connectivity index (χ0) is 9.26. The van der Waals surface area contributed by atoms with E-state index in [0.717, 1.165) is 21.5 Å². The Labute approximate surface area is 84.0 Å². The highest BCUT2D eigenvalue weighted by Crippen LogP contribution is 2.17. The lowest BCUT2D eigenvalue weighted by Gasteiger charge is -1.90. The molecule has 0 atom stereocenters. The van der Waals surface area contributed by atoms with Crippen LogP contribution in [0.3, 0.4) is 0 Å². The van der Waals surface area contributed by atoms with Gasteiger partial charge in [0.1, 0.15) is 5.52 Å². The molecule has 0 spiro atoms. The van der Waals surface area contributed by atoms with E-state index in [4.69, 9.17) is 0 Å². The highest BCUT2D eigenvalue weighted by atomic mass is 32.2. The molecule has 0 unspecified atom stereocenters. The molecular formula is C7H8N4S2. The van der Waals surface area contributed by atoms with E-state index in [-0.39, 0.29) is 0 Å². The number of nitrogens with zero attached hydrogens (tertiary/aromatic N) is 3. The second-order valence-corrected chi connectivity index (χ2v) is 3.91. The van der Waals surface area contributed by atoms with Crippen LogP contribution in [0.15, 0.2) is 16.5 Å². The van der Waals surface area contributed by atoms with Crippen molar-refractivity contribution in [3.63, 3.8) is 0 Å². The summed E-state index contributed by atoms with van der Waals surface area (Å²) < 4.78 is 0. The number of nitrogens with one attached hydrogen (secondary N) is 1. The highest BCUT2D eigenvalue weighted by molar-refractivity contribution is 7.98. The molecule has 0 fully saturated rings. The number of fused-ring (bicyclic) bond motifs is 1. The van der Waals surface area contributed by atoms with E-state index in [2.05, 4.69) is 19.9 Å². The Morgan fingerprint density at radius 3 is 2.77 bits per heavy atom. The molecule has 0 bridgehead atoms. The summed E-state index contributed by atoms with van der Waals surface area (Å²) in [5.74, 6) is 0. The number of imidazole rings is 1. The lowest BCUT2D eigenvalue weighted by molar-refractivity contribution is 0.993. The Balaban J connectivity index is 2.57. The average molecular weight is 212 g/mol. The fourth-order valence-corrected chi connectivity index (χ4v) is 1.69. The van der Waals surface area contributed by atoms with Crippen molar-refractivity contribution in [2.24, 2.45) is 0 Å². The zero-order valence-corrected chi connectivity index (χ0v) is 8.87. The van der Waals surface area contributed by atoms with Crippen molar-refractivity contribution < 1.29 is 0 Å². The summed E-state index contributed by atoms with van der Waals surface area (Å²) in [5, 5.41) is 1.63. The van der Waals surface area contributed by atoms with E-state index in [1.165, 1.54) is 11.8 Å². The minimum atomic E-state index is 0.740. The number of aromatic nitrogens is 4. The van der Waals surface area contributed by atoms with Gasteiger partial charge in [-0.3, -0.25) is 0 Å². The molecule has 2 rings (SSSR count). The van der Waals surface area contributed by atoms with Gasteiger partial charge in [-0.25, -0.2) is 15.0 Å². The molecule has 2 aromatic rings. The van der Waals surface area contributed by atoms with Crippen molar-refractivity contribution in [3.05, 3.63) is 6.20 Å². The summed E-state index contributed by atoms with van der Waals surface area (Å²) in [4.78, 5) is 15.8. The minimum Gasteiger partial charge on any atom is -0.330 e. The third kappa shape index (κ3) is 1.64. The summed E-state index contributed by atoms with van der Waals surface area (Å²) in [6.07, 6.45) is 5.69. The topological polar surface area (TPSA) is 54.5 Å². The van der Waals surface area contributed by atoms with Gasteiger partial charge in [-0.2, -0.15) is 0 Å². The molecule has 2 aromatic heterocycles. The summed E-state index contributed by atoms with van der Waals surface area (Å²) in [6.45, 7) is 0. The van der Waals surface area contributed by atoms with Gasteiger partial charge in [-0.05, 0) is 12.5 Å². The van der Waals surface area contributed by atoms with E-state index in [0.29, 0.717) is 0 Å². The molecule has 13 heavy (non-hydrogen) atoms. The van der Waals surface area contributed by atoms with Gasteiger partial charge in [0.05, 0.1) is 6.20 Å². The molecule has 0 aliphatic carbocycles. The van der Waals surface area contributed by atoms with E-state index in [1.807, 2.05) is 12.5 Å². The fraction of sp³-hybridized carbons (Fsp3) is 0.286. The van der Waals surface area contributed by atoms with Crippen LogP contribution in [-0.4, -0.2) is 32.4 Å². The fourth-order valence-electron chi connectivity index (χ4n) is 0.965. The first-order valence-electron chi connectivity index (χ1n) is 3.64. The summed E-state index contributed by atoms with van der Waals surface area (Å²) in [5.41, 5.74) is 1.63. The predicted octanol–water partition coefficient (Wildman–Crippen LogP) is 1.80. The van der Waals surface area contributed by atoms with E-state index in [1.54, 1.807) is 18.0 Å². The van der Waals surface area contributed by atoms with Gasteiger partial charge >= 0.3 is 0 Å². The maximum Gasteiger partial charge on any atom is 0.189 e. The Kier molecular flexibility index (Phi) is 2.41. The lowest BCUT2D eigenvalue weighted by Crippen LogP contribution is -1.84. The van der Waals surface area contributed by atoms with Gasteiger partial charge in [0, 0.05) is 0 Å². The third-order valence-corrected chi connectivity index (χ3v) is 2.71. The molecular weight excluding hydrogens is 204 g/mol. The number of rotatable bonds is 2. The Hall–Kier alpha value is -0.750. The molecule has 0 aromatic carbocycles. The smallest absolute Gasteiger partial charge is 0.189 e. The Morgan fingerprint density at radius 1 is 1.23 bits per heavy atom. The quantitative estimate of drug-likeness (QED) is 0.607. The van der Waals surface area contributed by atoms with E-state index >= 15 is 0 Å². The number of hydrogen-bond donors (Lipinski definition) is 1. The first-order valence-corrected chi connectivity index (χ1v) is 6.09. The SMILES string of the molecule is CSc1ncc2[nH]c(SC)nc2n1. The van der Waals surface area contributed by atoms with Crippen LogP contribution in [0.25, 0.3) is 11.2 Å². The Bertz CT molecular complexity index is 423. The van der Waals surface area contributed by atoms with Crippen LogP contribution in [-0.2, 0) is 0 Å². The monoisotopic (exact) mass is 212 g/mol. The normalized spacial score (nSPS) is 10.9. The van der Waals surface area contributed by atoms with Crippen molar-refractivity contribution in [2.75, 3.05) is 12.5 Å². The first kappa shape index (κ1) is 8.83. The number of thioether (sulfide) groups is 2. The second kappa shape index (κ2) is 3.55. The van der Waals surface area contributed by atoms with Crippen molar-refractivity contribution in [2.45, 2.75) is 10.3 Å². The summed E-state index contributed by atoms with van der Waals surface area (Å²) in [7, 11) is 0. The van der Waals surface area contributed by atoms with Crippen molar-refractivity contribution in [1.29, 1.82) is 0 Å². The molecule has 0 saturated heterocycles. The van der Waals surface area contributed by atoms with E-state index in [9.17, 15) is 0 Å². The van der Waals surface area contributed by atoms with Crippen LogP contribution in [0.4, 0.5) is 0 Å². The second-order valence-electron chi connectivity index (χ2n) is 2.34. The van der Waals surface area contributed by atoms with Crippen LogP contribution in [0.5, 0.6) is 0 Å². The predicted molar refractivity (Wildman–Crippen MR) is 55.2 cm³/mol. The number of aromatic amines is 1. The van der Waals surface area contributed by atoms with Crippen LogP contribution in [0.2, 0.25) is 0 Å². The van der Waals surface area contributed by atoms with Crippen LogP contribution >= 0.6 is 23.5 Å². The third-order valence-electron chi connectivity index (χ3n) is 1.57. The standard InChI is InChI=1S/C7H8N4S2/c1-12-6-8-3-4-5(10-6)11-7(9-4)13-2/h3H,1-2H3,(H,8,9,10,11). The summed E-state index contributed by atoms with van der Waals surface area (Å²) >= 11 is 3.08. The van der Waals surface area contributed by atoms with Crippen LogP contribution in [0, 0.1) is 0 Å². The maximum atomic E-state index is 4.28.